The summed E-state index contributed by atoms with van der Waals surface area (Å²) in [4.78, 5) is 38.7. The first kappa shape index (κ1) is 19.7. The number of non-ortho nitro benzene ring substituents is 1. The SMILES string of the molecule is CSc1ncccc1C(=O)O[C@H](C)C(=O)Nc1cc([N+](=O)[O-])ccc1Cl. The Hall–Kier alpha value is -2.65. The summed E-state index contributed by atoms with van der Waals surface area (Å²) < 4.78 is 5.15. The first-order valence-electron chi connectivity index (χ1n) is 7.28. The van der Waals surface area contributed by atoms with Gasteiger partial charge in [0, 0.05) is 18.3 Å². The van der Waals surface area contributed by atoms with E-state index in [9.17, 15) is 19.7 Å². The number of hydrogen-bond donors (Lipinski definition) is 1. The molecule has 0 aliphatic carbocycles. The minimum absolute atomic E-state index is 0.0555. The summed E-state index contributed by atoms with van der Waals surface area (Å²) in [6.07, 6.45) is 2.16. The molecule has 1 amide bonds. The van der Waals surface area contributed by atoms with Crippen molar-refractivity contribution in [1.82, 2.24) is 4.98 Å². The van der Waals surface area contributed by atoms with E-state index in [1.165, 1.54) is 30.8 Å². The first-order valence-corrected chi connectivity index (χ1v) is 8.88. The summed E-state index contributed by atoms with van der Waals surface area (Å²) >= 11 is 7.21. The maximum Gasteiger partial charge on any atom is 0.341 e. The van der Waals surface area contributed by atoms with Crippen molar-refractivity contribution in [2.24, 2.45) is 0 Å². The number of benzene rings is 1. The number of anilines is 1. The van der Waals surface area contributed by atoms with Crippen molar-refractivity contribution in [3.05, 3.63) is 57.2 Å². The molecule has 0 saturated heterocycles. The van der Waals surface area contributed by atoms with Crippen LogP contribution in [0.15, 0.2) is 41.6 Å². The van der Waals surface area contributed by atoms with Gasteiger partial charge in [-0.25, -0.2) is 9.78 Å². The number of carbonyl (C=O) groups excluding carboxylic acids is 2. The molecule has 0 fully saturated rings. The molecule has 0 spiro atoms. The van der Waals surface area contributed by atoms with Crippen LogP contribution < -0.4 is 5.32 Å². The van der Waals surface area contributed by atoms with Crippen LogP contribution in [-0.2, 0) is 9.53 Å². The van der Waals surface area contributed by atoms with Crippen molar-refractivity contribution >= 4 is 46.6 Å². The van der Waals surface area contributed by atoms with Gasteiger partial charge in [0.15, 0.2) is 6.10 Å². The summed E-state index contributed by atoms with van der Waals surface area (Å²) in [7, 11) is 0. The third kappa shape index (κ3) is 4.70. The number of halogens is 1. The van der Waals surface area contributed by atoms with Gasteiger partial charge in [0.25, 0.3) is 11.6 Å². The van der Waals surface area contributed by atoms with E-state index < -0.39 is 22.9 Å². The van der Waals surface area contributed by atoms with E-state index in [0.717, 1.165) is 6.07 Å². The van der Waals surface area contributed by atoms with Crippen molar-refractivity contribution in [3.63, 3.8) is 0 Å². The van der Waals surface area contributed by atoms with Crippen molar-refractivity contribution in [2.45, 2.75) is 18.1 Å². The Bertz CT molecular complexity index is 862. The zero-order chi connectivity index (χ0) is 19.3. The second kappa shape index (κ2) is 8.63. The van der Waals surface area contributed by atoms with Crippen molar-refractivity contribution in [1.29, 1.82) is 0 Å². The molecule has 1 aromatic carbocycles. The minimum Gasteiger partial charge on any atom is -0.449 e. The number of nitro benzene ring substituents is 1. The van der Waals surface area contributed by atoms with Gasteiger partial charge in [0.05, 0.1) is 21.2 Å². The molecule has 2 rings (SSSR count). The van der Waals surface area contributed by atoms with E-state index in [4.69, 9.17) is 16.3 Å². The van der Waals surface area contributed by atoms with Crippen LogP contribution in [0, 0.1) is 10.1 Å². The number of ether oxygens (including phenoxy) is 1. The standard InChI is InChI=1S/C16H14ClN3O5S/c1-9(25-16(22)11-4-3-7-18-15(11)26-2)14(21)19-13-8-10(20(23)24)5-6-12(13)17/h3-9H,1-2H3,(H,19,21)/t9-/m1/s1. The second-order valence-corrected chi connectivity index (χ2v) is 6.22. The van der Waals surface area contributed by atoms with Gasteiger partial charge in [0.1, 0.15) is 5.03 Å². The molecule has 0 unspecified atom stereocenters. The topological polar surface area (TPSA) is 111 Å². The Labute approximate surface area is 158 Å². The first-order chi connectivity index (χ1) is 12.3. The van der Waals surface area contributed by atoms with Gasteiger partial charge >= 0.3 is 5.97 Å². The summed E-state index contributed by atoms with van der Waals surface area (Å²) in [5, 5.41) is 13.8. The van der Waals surface area contributed by atoms with Crippen LogP contribution in [0.25, 0.3) is 0 Å². The molecule has 8 nitrogen and oxygen atoms in total. The monoisotopic (exact) mass is 395 g/mol. The van der Waals surface area contributed by atoms with E-state index in [1.807, 2.05) is 0 Å². The number of nitro groups is 1. The molecule has 136 valence electrons. The molecule has 2 aromatic rings. The number of nitrogens with one attached hydrogen (secondary N) is 1. The molecule has 26 heavy (non-hydrogen) atoms. The fraction of sp³-hybridized carbons (Fsp3) is 0.188. The lowest BCUT2D eigenvalue weighted by Gasteiger charge is -2.15. The molecule has 1 aromatic heterocycles. The molecule has 0 saturated carbocycles. The van der Waals surface area contributed by atoms with Crippen LogP contribution in [0.1, 0.15) is 17.3 Å². The molecule has 0 aliphatic heterocycles. The number of rotatable bonds is 6. The predicted octanol–water partition coefficient (Wildman–Crippen LogP) is 3.55. The largest absolute Gasteiger partial charge is 0.449 e. The Morgan fingerprint density at radius 1 is 1.38 bits per heavy atom. The fourth-order valence-electron chi connectivity index (χ4n) is 1.94. The van der Waals surface area contributed by atoms with E-state index in [1.54, 1.807) is 24.6 Å². The highest BCUT2D eigenvalue weighted by Crippen LogP contribution is 2.27. The maximum atomic E-state index is 12.2. The second-order valence-electron chi connectivity index (χ2n) is 5.02. The molecule has 1 heterocycles. The Morgan fingerprint density at radius 2 is 2.12 bits per heavy atom. The summed E-state index contributed by atoms with van der Waals surface area (Å²) in [5.74, 6) is -1.37. The van der Waals surface area contributed by atoms with Gasteiger partial charge in [-0.3, -0.25) is 14.9 Å². The quantitative estimate of drug-likeness (QED) is 0.344. The van der Waals surface area contributed by atoms with Crippen LogP contribution >= 0.6 is 23.4 Å². The molecule has 10 heteroatoms. The summed E-state index contributed by atoms with van der Waals surface area (Å²) in [6, 6.07) is 6.77. The lowest BCUT2D eigenvalue weighted by atomic mass is 10.2. The van der Waals surface area contributed by atoms with Crippen LogP contribution in [0.4, 0.5) is 11.4 Å². The van der Waals surface area contributed by atoms with E-state index in [2.05, 4.69) is 10.3 Å². The number of amides is 1. The molecular formula is C16H14ClN3O5S. The molecule has 1 atom stereocenters. The smallest absolute Gasteiger partial charge is 0.341 e. The fourth-order valence-corrected chi connectivity index (χ4v) is 2.65. The van der Waals surface area contributed by atoms with Crippen LogP contribution in [0.5, 0.6) is 0 Å². The highest BCUT2D eigenvalue weighted by molar-refractivity contribution is 7.98. The van der Waals surface area contributed by atoms with Crippen molar-refractivity contribution in [3.8, 4) is 0 Å². The average Bonchev–Trinajstić information content (AvgIpc) is 2.62. The Kier molecular flexibility index (Phi) is 6.53. The van der Waals surface area contributed by atoms with Gasteiger partial charge in [-0.05, 0) is 31.4 Å². The Morgan fingerprint density at radius 3 is 2.77 bits per heavy atom. The van der Waals surface area contributed by atoms with Gasteiger partial charge < -0.3 is 10.1 Å². The molecule has 0 radical (unpaired) electrons. The number of hydrogen-bond acceptors (Lipinski definition) is 7. The van der Waals surface area contributed by atoms with Gasteiger partial charge in [-0.1, -0.05) is 11.6 Å². The predicted molar refractivity (Wildman–Crippen MR) is 97.6 cm³/mol. The molecular weight excluding hydrogens is 382 g/mol. The number of aromatic nitrogens is 1. The zero-order valence-corrected chi connectivity index (χ0v) is 15.3. The van der Waals surface area contributed by atoms with Gasteiger partial charge in [-0.2, -0.15) is 0 Å². The molecule has 1 N–H and O–H groups in total. The van der Waals surface area contributed by atoms with Crippen LogP contribution in [0.2, 0.25) is 5.02 Å². The third-order valence-corrected chi connectivity index (χ3v) is 4.30. The van der Waals surface area contributed by atoms with Crippen molar-refractivity contribution in [2.75, 3.05) is 11.6 Å². The van der Waals surface area contributed by atoms with E-state index in [-0.39, 0.29) is 22.0 Å². The number of esters is 1. The average molecular weight is 396 g/mol. The Balaban J connectivity index is 2.09. The lowest BCUT2D eigenvalue weighted by molar-refractivity contribution is -0.384. The summed E-state index contributed by atoms with van der Waals surface area (Å²) in [6.45, 7) is 1.38. The minimum atomic E-state index is -1.15. The number of carbonyl (C=O) groups is 2. The van der Waals surface area contributed by atoms with Crippen LogP contribution in [-0.4, -0.2) is 34.1 Å². The molecule has 0 bridgehead atoms. The van der Waals surface area contributed by atoms with E-state index in [0.29, 0.717) is 5.03 Å². The zero-order valence-electron chi connectivity index (χ0n) is 13.8. The summed E-state index contributed by atoms with van der Waals surface area (Å²) in [5.41, 5.74) is 0.0716. The lowest BCUT2D eigenvalue weighted by Crippen LogP contribution is -2.30. The molecule has 0 aliphatic rings. The maximum absolute atomic E-state index is 12.2. The highest BCUT2D eigenvalue weighted by Gasteiger charge is 2.22. The van der Waals surface area contributed by atoms with Crippen molar-refractivity contribution < 1.29 is 19.2 Å². The van der Waals surface area contributed by atoms with Gasteiger partial charge in [0.2, 0.25) is 0 Å². The van der Waals surface area contributed by atoms with Gasteiger partial charge in [-0.15, -0.1) is 11.8 Å². The number of thioether (sulfide) groups is 1. The number of pyridine rings is 1. The van der Waals surface area contributed by atoms with Crippen LogP contribution in [0.3, 0.4) is 0 Å². The number of nitrogens with zero attached hydrogens (tertiary/aromatic N) is 2. The van der Waals surface area contributed by atoms with E-state index >= 15 is 0 Å². The normalized spacial score (nSPS) is 11.5. The highest BCUT2D eigenvalue weighted by atomic mass is 35.5. The third-order valence-electron chi connectivity index (χ3n) is 3.26.